The predicted octanol–water partition coefficient (Wildman–Crippen LogP) is 4.73. The summed E-state index contributed by atoms with van der Waals surface area (Å²) in [5, 5.41) is 4.44. The maximum atomic E-state index is 3.70. The van der Waals surface area contributed by atoms with E-state index < -0.39 is 0 Å². The van der Waals surface area contributed by atoms with E-state index in [9.17, 15) is 0 Å². The Kier molecular flexibility index (Phi) is 6.25. The van der Waals surface area contributed by atoms with Crippen LogP contribution in [0.3, 0.4) is 0 Å². The Morgan fingerprint density at radius 2 is 1.95 bits per heavy atom. The van der Waals surface area contributed by atoms with Gasteiger partial charge in [0.05, 0.1) is 0 Å². The number of rotatable bonds is 6. The summed E-state index contributed by atoms with van der Waals surface area (Å²) >= 11 is 2.08. The molecule has 1 aliphatic carbocycles. The van der Waals surface area contributed by atoms with Gasteiger partial charge in [-0.3, -0.25) is 0 Å². The van der Waals surface area contributed by atoms with Gasteiger partial charge in [0.2, 0.25) is 0 Å². The predicted molar refractivity (Wildman–Crippen MR) is 85.8 cm³/mol. The summed E-state index contributed by atoms with van der Waals surface area (Å²) < 4.78 is 0. The molecule has 1 nitrogen and oxygen atoms in total. The molecular weight excluding hydrogens is 250 g/mol. The summed E-state index contributed by atoms with van der Waals surface area (Å²) in [5.41, 5.74) is 0. The van der Waals surface area contributed by atoms with E-state index in [1.54, 1.807) is 0 Å². The molecule has 1 aromatic rings. The molecule has 1 saturated carbocycles. The van der Waals surface area contributed by atoms with Crippen molar-refractivity contribution in [1.82, 2.24) is 5.32 Å². The van der Waals surface area contributed by atoms with Gasteiger partial charge in [-0.15, -0.1) is 11.8 Å². The molecule has 1 aliphatic rings. The first-order valence-electron chi connectivity index (χ1n) is 7.78. The minimum Gasteiger partial charge on any atom is -0.313 e. The zero-order valence-corrected chi connectivity index (χ0v) is 13.1. The topological polar surface area (TPSA) is 12.0 Å². The van der Waals surface area contributed by atoms with E-state index in [0.29, 0.717) is 6.04 Å². The second-order valence-corrected chi connectivity index (χ2v) is 6.91. The van der Waals surface area contributed by atoms with Crippen LogP contribution in [0.2, 0.25) is 0 Å². The average molecular weight is 277 g/mol. The quantitative estimate of drug-likeness (QED) is 0.807. The van der Waals surface area contributed by atoms with Crippen LogP contribution in [0.4, 0.5) is 0 Å². The summed E-state index contributed by atoms with van der Waals surface area (Å²) in [6.07, 6.45) is 6.88. The van der Waals surface area contributed by atoms with E-state index in [0.717, 1.165) is 17.7 Å². The Balaban J connectivity index is 1.98. The zero-order valence-electron chi connectivity index (χ0n) is 12.3. The summed E-state index contributed by atoms with van der Waals surface area (Å²) in [6.45, 7) is 5.63. The van der Waals surface area contributed by atoms with Crippen LogP contribution in [0.15, 0.2) is 35.2 Å². The molecule has 3 unspecified atom stereocenters. The van der Waals surface area contributed by atoms with Crippen LogP contribution in [0.1, 0.15) is 46.0 Å². The molecule has 2 rings (SSSR count). The third-order valence-corrected chi connectivity index (χ3v) is 5.46. The molecule has 0 aromatic heterocycles. The van der Waals surface area contributed by atoms with Crippen molar-refractivity contribution in [2.45, 2.75) is 62.1 Å². The molecule has 0 bridgehead atoms. The van der Waals surface area contributed by atoms with Crippen LogP contribution in [0, 0.1) is 5.92 Å². The molecule has 1 fully saturated rings. The third-order valence-electron chi connectivity index (χ3n) is 4.09. The minimum absolute atomic E-state index is 0.698. The van der Waals surface area contributed by atoms with Crippen molar-refractivity contribution in [1.29, 1.82) is 0 Å². The first-order valence-corrected chi connectivity index (χ1v) is 8.66. The maximum Gasteiger partial charge on any atom is 0.0251 e. The van der Waals surface area contributed by atoms with Crippen LogP contribution < -0.4 is 5.32 Å². The van der Waals surface area contributed by atoms with Crippen molar-refractivity contribution in [3.8, 4) is 0 Å². The zero-order chi connectivity index (χ0) is 13.5. The van der Waals surface area contributed by atoms with Crippen molar-refractivity contribution in [3.05, 3.63) is 30.3 Å². The van der Waals surface area contributed by atoms with Gasteiger partial charge in [0.1, 0.15) is 0 Å². The third kappa shape index (κ3) is 4.54. The molecule has 0 heterocycles. The SMILES string of the molecule is CCCC1CCC(NCC)C(Sc2ccccc2)C1. The van der Waals surface area contributed by atoms with Crippen molar-refractivity contribution in [2.75, 3.05) is 6.54 Å². The van der Waals surface area contributed by atoms with Gasteiger partial charge < -0.3 is 5.32 Å². The lowest BCUT2D eigenvalue weighted by molar-refractivity contribution is 0.289. The van der Waals surface area contributed by atoms with Crippen LogP contribution in [-0.4, -0.2) is 17.8 Å². The lowest BCUT2D eigenvalue weighted by Crippen LogP contribution is -2.42. The van der Waals surface area contributed by atoms with Gasteiger partial charge in [0.25, 0.3) is 0 Å². The van der Waals surface area contributed by atoms with Crippen molar-refractivity contribution in [2.24, 2.45) is 5.92 Å². The fraction of sp³-hybridized carbons (Fsp3) is 0.647. The molecule has 0 amide bonds. The van der Waals surface area contributed by atoms with Gasteiger partial charge in [-0.1, -0.05) is 44.9 Å². The number of hydrogen-bond donors (Lipinski definition) is 1. The van der Waals surface area contributed by atoms with Crippen molar-refractivity contribution >= 4 is 11.8 Å². The molecule has 2 heteroatoms. The van der Waals surface area contributed by atoms with Crippen LogP contribution in [0.25, 0.3) is 0 Å². The van der Waals surface area contributed by atoms with Crippen LogP contribution in [0.5, 0.6) is 0 Å². The molecule has 1 aromatic carbocycles. The van der Waals surface area contributed by atoms with Gasteiger partial charge >= 0.3 is 0 Å². The average Bonchev–Trinajstić information content (AvgIpc) is 2.43. The standard InChI is InChI=1S/C17H27NS/c1-3-8-14-11-12-16(18-4-2)17(13-14)19-15-9-6-5-7-10-15/h5-7,9-10,14,16-18H,3-4,8,11-13H2,1-2H3. The maximum absolute atomic E-state index is 3.70. The molecule has 1 N–H and O–H groups in total. The van der Waals surface area contributed by atoms with E-state index >= 15 is 0 Å². The Hall–Kier alpha value is -0.470. The van der Waals surface area contributed by atoms with Crippen molar-refractivity contribution < 1.29 is 0 Å². The molecule has 3 atom stereocenters. The largest absolute Gasteiger partial charge is 0.313 e. The summed E-state index contributed by atoms with van der Waals surface area (Å²) in [5.74, 6) is 0.945. The number of benzene rings is 1. The normalized spacial score (nSPS) is 27.4. The highest BCUT2D eigenvalue weighted by atomic mass is 32.2. The summed E-state index contributed by atoms with van der Waals surface area (Å²) in [7, 11) is 0. The molecule has 0 radical (unpaired) electrons. The molecule has 0 spiro atoms. The van der Waals surface area contributed by atoms with Crippen LogP contribution >= 0.6 is 11.8 Å². The van der Waals surface area contributed by atoms with Gasteiger partial charge in [0.15, 0.2) is 0 Å². The van der Waals surface area contributed by atoms with E-state index in [1.165, 1.54) is 37.0 Å². The first-order chi connectivity index (χ1) is 9.33. The number of nitrogens with one attached hydrogen (secondary N) is 1. The first kappa shape index (κ1) is 14.9. The highest BCUT2D eigenvalue weighted by Gasteiger charge is 2.30. The highest BCUT2D eigenvalue weighted by Crippen LogP contribution is 2.38. The molecule has 0 saturated heterocycles. The van der Waals surface area contributed by atoms with Crippen LogP contribution in [-0.2, 0) is 0 Å². The van der Waals surface area contributed by atoms with E-state index in [1.807, 2.05) is 0 Å². The monoisotopic (exact) mass is 277 g/mol. The van der Waals surface area contributed by atoms with Gasteiger partial charge in [-0.2, -0.15) is 0 Å². The molecular formula is C17H27NS. The number of thioether (sulfide) groups is 1. The highest BCUT2D eigenvalue weighted by molar-refractivity contribution is 8.00. The second-order valence-electron chi connectivity index (χ2n) is 5.60. The van der Waals surface area contributed by atoms with Gasteiger partial charge in [0, 0.05) is 16.2 Å². The smallest absolute Gasteiger partial charge is 0.0251 e. The second kappa shape index (κ2) is 7.96. The summed E-state index contributed by atoms with van der Waals surface area (Å²) in [6, 6.07) is 11.6. The minimum atomic E-state index is 0.698. The van der Waals surface area contributed by atoms with E-state index in [2.05, 4.69) is 61.3 Å². The summed E-state index contributed by atoms with van der Waals surface area (Å²) in [4.78, 5) is 1.42. The molecule has 106 valence electrons. The van der Waals surface area contributed by atoms with E-state index in [-0.39, 0.29) is 0 Å². The Morgan fingerprint density at radius 1 is 1.16 bits per heavy atom. The number of hydrogen-bond acceptors (Lipinski definition) is 2. The Labute approximate surface area is 122 Å². The fourth-order valence-electron chi connectivity index (χ4n) is 3.18. The lowest BCUT2D eigenvalue weighted by atomic mass is 9.83. The lowest BCUT2D eigenvalue weighted by Gasteiger charge is -2.36. The van der Waals surface area contributed by atoms with Crippen molar-refractivity contribution in [3.63, 3.8) is 0 Å². The van der Waals surface area contributed by atoms with Gasteiger partial charge in [-0.05, 0) is 43.9 Å². The Bertz CT molecular complexity index is 352. The Morgan fingerprint density at radius 3 is 2.63 bits per heavy atom. The molecule has 19 heavy (non-hydrogen) atoms. The van der Waals surface area contributed by atoms with E-state index in [4.69, 9.17) is 0 Å². The molecule has 0 aliphatic heterocycles. The van der Waals surface area contributed by atoms with Gasteiger partial charge in [-0.25, -0.2) is 0 Å². The fourth-order valence-corrected chi connectivity index (χ4v) is 4.61.